The van der Waals surface area contributed by atoms with Crippen LogP contribution in [0.15, 0.2) is 60.7 Å². The van der Waals surface area contributed by atoms with E-state index in [0.717, 1.165) is 11.1 Å². The Hall–Kier alpha value is -2.86. The smallest absolute Gasteiger partial charge is 0.410 e. The SMILES string of the molecule is C[C@@H](C(=O)N(C)C)N(CCOCc1ccccc1)C(=O)OCc1ccccc1. The normalized spacial score (nSPS) is 11.5. The van der Waals surface area contributed by atoms with Crippen molar-refractivity contribution in [2.75, 3.05) is 27.2 Å². The van der Waals surface area contributed by atoms with Crippen molar-refractivity contribution < 1.29 is 19.1 Å². The second kappa shape index (κ2) is 11.1. The van der Waals surface area contributed by atoms with Gasteiger partial charge in [0.2, 0.25) is 5.91 Å². The molecule has 0 aliphatic heterocycles. The quantitative estimate of drug-likeness (QED) is 0.623. The molecule has 0 fully saturated rings. The van der Waals surface area contributed by atoms with Crippen molar-refractivity contribution in [3.63, 3.8) is 0 Å². The van der Waals surface area contributed by atoms with Crippen LogP contribution >= 0.6 is 0 Å². The van der Waals surface area contributed by atoms with Crippen LogP contribution in [0.3, 0.4) is 0 Å². The van der Waals surface area contributed by atoms with E-state index in [1.54, 1.807) is 21.0 Å². The Morgan fingerprint density at radius 2 is 1.43 bits per heavy atom. The molecule has 2 rings (SSSR count). The van der Waals surface area contributed by atoms with Crippen molar-refractivity contribution in [3.05, 3.63) is 71.8 Å². The molecule has 0 bridgehead atoms. The molecule has 0 heterocycles. The Morgan fingerprint density at radius 1 is 0.893 bits per heavy atom. The molecule has 0 spiro atoms. The van der Waals surface area contributed by atoms with Gasteiger partial charge in [-0.1, -0.05) is 60.7 Å². The van der Waals surface area contributed by atoms with Gasteiger partial charge in [-0.3, -0.25) is 9.69 Å². The monoisotopic (exact) mass is 384 g/mol. The summed E-state index contributed by atoms with van der Waals surface area (Å²) in [4.78, 5) is 27.9. The van der Waals surface area contributed by atoms with E-state index in [9.17, 15) is 9.59 Å². The maximum Gasteiger partial charge on any atom is 0.410 e. The fraction of sp³-hybridized carbons (Fsp3) is 0.364. The van der Waals surface area contributed by atoms with E-state index in [4.69, 9.17) is 9.47 Å². The van der Waals surface area contributed by atoms with Crippen LogP contribution in [-0.4, -0.2) is 55.1 Å². The number of likely N-dealkylation sites (N-methyl/N-ethyl adjacent to an activating group) is 1. The Morgan fingerprint density at radius 3 is 1.96 bits per heavy atom. The van der Waals surface area contributed by atoms with Crippen LogP contribution in [0.4, 0.5) is 4.79 Å². The molecule has 2 aromatic carbocycles. The zero-order chi connectivity index (χ0) is 20.4. The van der Waals surface area contributed by atoms with Gasteiger partial charge in [0, 0.05) is 20.6 Å². The highest BCUT2D eigenvalue weighted by atomic mass is 16.6. The van der Waals surface area contributed by atoms with E-state index in [0.29, 0.717) is 13.2 Å². The summed E-state index contributed by atoms with van der Waals surface area (Å²) in [5.74, 6) is -0.167. The molecule has 0 saturated heterocycles. The number of nitrogens with zero attached hydrogens (tertiary/aromatic N) is 2. The summed E-state index contributed by atoms with van der Waals surface area (Å²) in [6.45, 7) is 2.87. The number of ether oxygens (including phenoxy) is 2. The van der Waals surface area contributed by atoms with Crippen molar-refractivity contribution >= 4 is 12.0 Å². The van der Waals surface area contributed by atoms with E-state index in [-0.39, 0.29) is 19.1 Å². The first-order valence-electron chi connectivity index (χ1n) is 9.29. The molecule has 0 aliphatic rings. The van der Waals surface area contributed by atoms with Gasteiger partial charge in [0.25, 0.3) is 0 Å². The Kier molecular flexibility index (Phi) is 8.49. The average molecular weight is 384 g/mol. The molecular weight excluding hydrogens is 356 g/mol. The summed E-state index contributed by atoms with van der Waals surface area (Å²) in [6, 6.07) is 18.6. The van der Waals surface area contributed by atoms with E-state index in [2.05, 4.69) is 0 Å². The summed E-state index contributed by atoms with van der Waals surface area (Å²) >= 11 is 0. The van der Waals surface area contributed by atoms with Crippen molar-refractivity contribution in [3.8, 4) is 0 Å². The molecule has 6 nitrogen and oxygen atoms in total. The molecule has 2 aromatic rings. The summed E-state index contributed by atoms with van der Waals surface area (Å²) in [5, 5.41) is 0. The fourth-order valence-corrected chi connectivity index (χ4v) is 2.68. The lowest BCUT2D eigenvalue weighted by Gasteiger charge is -2.29. The van der Waals surface area contributed by atoms with E-state index in [1.807, 2.05) is 60.7 Å². The van der Waals surface area contributed by atoms with Gasteiger partial charge in [0.05, 0.1) is 13.2 Å². The highest BCUT2D eigenvalue weighted by Gasteiger charge is 2.28. The Bertz CT molecular complexity index is 735. The number of amides is 2. The highest BCUT2D eigenvalue weighted by Crippen LogP contribution is 2.09. The molecule has 0 aromatic heterocycles. The minimum absolute atomic E-state index is 0.157. The van der Waals surface area contributed by atoms with E-state index < -0.39 is 12.1 Å². The first-order chi connectivity index (χ1) is 13.5. The fourth-order valence-electron chi connectivity index (χ4n) is 2.68. The Labute approximate surface area is 166 Å². The summed E-state index contributed by atoms with van der Waals surface area (Å²) in [5.41, 5.74) is 1.95. The van der Waals surface area contributed by atoms with Crippen LogP contribution < -0.4 is 0 Å². The second-order valence-electron chi connectivity index (χ2n) is 6.68. The number of hydrogen-bond donors (Lipinski definition) is 0. The topological polar surface area (TPSA) is 59.1 Å². The molecule has 0 radical (unpaired) electrons. The molecular formula is C22H28N2O4. The minimum Gasteiger partial charge on any atom is -0.445 e. The first-order valence-corrected chi connectivity index (χ1v) is 9.29. The number of carbonyl (C=O) groups is 2. The maximum atomic E-state index is 12.6. The molecule has 0 saturated carbocycles. The zero-order valence-corrected chi connectivity index (χ0v) is 16.7. The number of benzene rings is 2. The third-order valence-corrected chi connectivity index (χ3v) is 4.29. The lowest BCUT2D eigenvalue weighted by Crippen LogP contribution is -2.49. The van der Waals surface area contributed by atoms with Crippen LogP contribution in [0, 0.1) is 0 Å². The van der Waals surface area contributed by atoms with Gasteiger partial charge in [-0.05, 0) is 18.1 Å². The third kappa shape index (κ3) is 6.70. The van der Waals surface area contributed by atoms with Crippen LogP contribution in [-0.2, 0) is 27.5 Å². The maximum absolute atomic E-state index is 12.6. The van der Waals surface area contributed by atoms with Crippen molar-refractivity contribution in [2.24, 2.45) is 0 Å². The molecule has 1 atom stereocenters. The predicted octanol–water partition coefficient (Wildman–Crippen LogP) is 3.32. The van der Waals surface area contributed by atoms with Gasteiger partial charge < -0.3 is 14.4 Å². The molecule has 2 amide bonds. The molecule has 0 N–H and O–H groups in total. The van der Waals surface area contributed by atoms with Gasteiger partial charge in [0.15, 0.2) is 0 Å². The molecule has 0 unspecified atom stereocenters. The number of rotatable bonds is 9. The molecule has 28 heavy (non-hydrogen) atoms. The summed E-state index contributed by atoms with van der Waals surface area (Å²) < 4.78 is 11.1. The number of carbonyl (C=O) groups excluding carboxylic acids is 2. The predicted molar refractivity (Wildman–Crippen MR) is 108 cm³/mol. The second-order valence-corrected chi connectivity index (χ2v) is 6.68. The van der Waals surface area contributed by atoms with Crippen LogP contribution in [0.25, 0.3) is 0 Å². The summed E-state index contributed by atoms with van der Waals surface area (Å²) in [6.07, 6.45) is -0.533. The van der Waals surface area contributed by atoms with Crippen LogP contribution in [0.1, 0.15) is 18.1 Å². The lowest BCUT2D eigenvalue weighted by atomic mass is 10.2. The third-order valence-electron chi connectivity index (χ3n) is 4.29. The molecule has 150 valence electrons. The van der Waals surface area contributed by atoms with Crippen LogP contribution in [0.2, 0.25) is 0 Å². The number of hydrogen-bond acceptors (Lipinski definition) is 4. The van der Waals surface area contributed by atoms with Gasteiger partial charge in [0.1, 0.15) is 12.6 Å². The lowest BCUT2D eigenvalue weighted by molar-refractivity contribution is -0.133. The Balaban J connectivity index is 1.93. The molecule has 6 heteroatoms. The highest BCUT2D eigenvalue weighted by molar-refractivity contribution is 5.85. The van der Waals surface area contributed by atoms with Crippen molar-refractivity contribution in [1.29, 1.82) is 0 Å². The largest absolute Gasteiger partial charge is 0.445 e. The van der Waals surface area contributed by atoms with Crippen LogP contribution in [0.5, 0.6) is 0 Å². The van der Waals surface area contributed by atoms with Gasteiger partial charge in [-0.15, -0.1) is 0 Å². The van der Waals surface area contributed by atoms with E-state index in [1.165, 1.54) is 9.80 Å². The van der Waals surface area contributed by atoms with Gasteiger partial charge >= 0.3 is 6.09 Å². The standard InChI is InChI=1S/C22H28N2O4/c1-18(21(25)23(2)3)24(14-15-27-16-19-10-6-4-7-11-19)22(26)28-17-20-12-8-5-9-13-20/h4-13,18H,14-17H2,1-3H3/t18-/m0/s1. The van der Waals surface area contributed by atoms with Crippen molar-refractivity contribution in [2.45, 2.75) is 26.2 Å². The average Bonchev–Trinajstić information content (AvgIpc) is 2.72. The van der Waals surface area contributed by atoms with Crippen molar-refractivity contribution in [1.82, 2.24) is 9.80 Å². The summed E-state index contributed by atoms with van der Waals surface area (Å²) in [7, 11) is 3.33. The zero-order valence-electron chi connectivity index (χ0n) is 16.7. The molecule has 0 aliphatic carbocycles. The van der Waals surface area contributed by atoms with E-state index >= 15 is 0 Å². The first kappa shape index (κ1) is 21.4. The van der Waals surface area contributed by atoms with Gasteiger partial charge in [-0.25, -0.2) is 4.79 Å². The minimum atomic E-state index is -0.640. The van der Waals surface area contributed by atoms with Gasteiger partial charge in [-0.2, -0.15) is 0 Å².